The number of anilines is 1. The van der Waals surface area contributed by atoms with Gasteiger partial charge >= 0.3 is 0 Å². The summed E-state index contributed by atoms with van der Waals surface area (Å²) in [5, 5.41) is 7.50. The number of rotatable bonds is 2. The first-order valence-electron chi connectivity index (χ1n) is 7.21. The van der Waals surface area contributed by atoms with Gasteiger partial charge < -0.3 is 5.32 Å². The Morgan fingerprint density at radius 1 is 1.17 bits per heavy atom. The fourth-order valence-corrected chi connectivity index (χ4v) is 3.43. The molecule has 0 saturated heterocycles. The number of fused-ring (bicyclic) bond motifs is 1. The molecular weight excluding hydrogens is 486 g/mol. The Balaban J connectivity index is 1.85. The SMILES string of the molecule is Fc1ccc(Br)cc1[C@@H]1C=C(c2ccc(I)cc2)Nc2ncnn21. The summed E-state index contributed by atoms with van der Waals surface area (Å²) in [4.78, 5) is 4.24. The standard InChI is InChI=1S/C17H11BrFIN4/c18-11-3-6-14(19)13(7-11)16-8-15(10-1-4-12(20)5-2-10)23-17-21-9-22-24(16)17/h1-9,16H,(H,21,22,23)/t16-/m0/s1. The average Bonchev–Trinajstić information content (AvgIpc) is 3.05. The number of halogens is 3. The maximum atomic E-state index is 14.4. The molecule has 1 aliphatic heterocycles. The van der Waals surface area contributed by atoms with E-state index in [-0.39, 0.29) is 11.9 Å². The predicted molar refractivity (Wildman–Crippen MR) is 103 cm³/mol. The van der Waals surface area contributed by atoms with Crippen LogP contribution in [0.15, 0.2) is 59.3 Å². The van der Waals surface area contributed by atoms with E-state index < -0.39 is 0 Å². The zero-order valence-corrected chi connectivity index (χ0v) is 16.0. The van der Waals surface area contributed by atoms with Crippen molar-refractivity contribution < 1.29 is 4.39 Å². The molecule has 24 heavy (non-hydrogen) atoms. The van der Waals surface area contributed by atoms with E-state index in [9.17, 15) is 4.39 Å². The monoisotopic (exact) mass is 496 g/mol. The second-order valence-electron chi connectivity index (χ2n) is 5.35. The molecule has 2 heterocycles. The zero-order valence-electron chi connectivity index (χ0n) is 12.2. The van der Waals surface area contributed by atoms with Crippen molar-refractivity contribution in [1.29, 1.82) is 0 Å². The normalized spacial score (nSPS) is 16.3. The summed E-state index contributed by atoms with van der Waals surface area (Å²) < 4.78 is 18.1. The lowest BCUT2D eigenvalue weighted by Crippen LogP contribution is -2.21. The smallest absolute Gasteiger partial charge is 0.226 e. The lowest BCUT2D eigenvalue weighted by atomic mass is 10.0. The highest BCUT2D eigenvalue weighted by Crippen LogP contribution is 2.34. The Bertz CT molecular complexity index is 936. The molecule has 4 rings (SSSR count). The number of benzene rings is 2. The Hall–Kier alpha value is -1.74. The second kappa shape index (κ2) is 6.29. The first-order chi connectivity index (χ1) is 11.6. The van der Waals surface area contributed by atoms with Crippen molar-refractivity contribution in [3.8, 4) is 0 Å². The number of nitrogens with zero attached hydrogens (tertiary/aromatic N) is 3. The van der Waals surface area contributed by atoms with Crippen LogP contribution in [0.3, 0.4) is 0 Å². The third kappa shape index (κ3) is 2.86. The minimum absolute atomic E-state index is 0.273. The summed E-state index contributed by atoms with van der Waals surface area (Å²) in [6, 6.07) is 12.7. The van der Waals surface area contributed by atoms with Crippen LogP contribution >= 0.6 is 38.5 Å². The van der Waals surface area contributed by atoms with Gasteiger partial charge in [0.05, 0.1) is 0 Å². The highest BCUT2D eigenvalue weighted by Gasteiger charge is 2.25. The molecule has 0 bridgehead atoms. The zero-order chi connectivity index (χ0) is 16.7. The van der Waals surface area contributed by atoms with Gasteiger partial charge in [-0.2, -0.15) is 10.1 Å². The summed E-state index contributed by atoms with van der Waals surface area (Å²) >= 11 is 5.68. The maximum Gasteiger partial charge on any atom is 0.226 e. The van der Waals surface area contributed by atoms with Crippen LogP contribution in [0, 0.1) is 9.39 Å². The van der Waals surface area contributed by atoms with Gasteiger partial charge in [0, 0.05) is 19.3 Å². The lowest BCUT2D eigenvalue weighted by Gasteiger charge is -2.24. The van der Waals surface area contributed by atoms with Crippen molar-refractivity contribution >= 4 is 50.2 Å². The van der Waals surface area contributed by atoms with E-state index in [0.717, 1.165) is 19.3 Å². The van der Waals surface area contributed by atoms with Gasteiger partial charge in [-0.3, -0.25) is 0 Å². The van der Waals surface area contributed by atoms with Crippen LogP contribution in [0.2, 0.25) is 0 Å². The predicted octanol–water partition coefficient (Wildman–Crippen LogP) is 4.84. The van der Waals surface area contributed by atoms with Crippen LogP contribution in [0.4, 0.5) is 10.3 Å². The molecule has 0 spiro atoms. The highest BCUT2D eigenvalue weighted by molar-refractivity contribution is 14.1. The number of hydrogen-bond acceptors (Lipinski definition) is 3. The minimum Gasteiger partial charge on any atom is -0.324 e. The largest absolute Gasteiger partial charge is 0.324 e. The number of aromatic nitrogens is 3. The number of allylic oxidation sites excluding steroid dienone is 1. The fourth-order valence-electron chi connectivity index (χ4n) is 2.69. The van der Waals surface area contributed by atoms with Gasteiger partial charge in [-0.15, -0.1) is 0 Å². The lowest BCUT2D eigenvalue weighted by molar-refractivity contribution is 0.551. The molecule has 3 aromatic rings. The summed E-state index contributed by atoms with van der Waals surface area (Å²) in [7, 11) is 0. The van der Waals surface area contributed by atoms with Gasteiger partial charge in [-0.05, 0) is 64.6 Å². The molecule has 1 aliphatic rings. The first kappa shape index (κ1) is 15.8. The topological polar surface area (TPSA) is 42.7 Å². The van der Waals surface area contributed by atoms with E-state index in [4.69, 9.17) is 0 Å². The molecular formula is C17H11BrFIN4. The summed E-state index contributed by atoms with van der Waals surface area (Å²) in [6.45, 7) is 0. The Labute approximate surface area is 160 Å². The van der Waals surface area contributed by atoms with Crippen molar-refractivity contribution in [3.63, 3.8) is 0 Å². The van der Waals surface area contributed by atoms with E-state index in [1.807, 2.05) is 30.3 Å². The Morgan fingerprint density at radius 2 is 1.96 bits per heavy atom. The highest BCUT2D eigenvalue weighted by atomic mass is 127. The summed E-state index contributed by atoms with van der Waals surface area (Å²) in [5.74, 6) is 0.320. The van der Waals surface area contributed by atoms with Gasteiger partial charge in [-0.25, -0.2) is 9.07 Å². The molecule has 0 radical (unpaired) electrons. The average molecular weight is 497 g/mol. The molecule has 0 amide bonds. The molecule has 0 unspecified atom stereocenters. The van der Waals surface area contributed by atoms with Crippen molar-refractivity contribution in [2.75, 3.05) is 5.32 Å². The van der Waals surface area contributed by atoms with Crippen LogP contribution in [-0.4, -0.2) is 14.8 Å². The third-order valence-electron chi connectivity index (χ3n) is 3.84. The van der Waals surface area contributed by atoms with Gasteiger partial charge in [0.2, 0.25) is 5.95 Å². The fraction of sp³-hybridized carbons (Fsp3) is 0.0588. The van der Waals surface area contributed by atoms with Crippen LogP contribution in [0.25, 0.3) is 5.70 Å². The molecule has 0 aliphatic carbocycles. The van der Waals surface area contributed by atoms with E-state index in [1.165, 1.54) is 12.4 Å². The van der Waals surface area contributed by atoms with Crippen molar-refractivity contribution in [3.05, 3.63) is 79.9 Å². The molecule has 1 N–H and O–H groups in total. The molecule has 0 fully saturated rings. The van der Waals surface area contributed by atoms with E-state index in [0.29, 0.717) is 11.5 Å². The Kier molecular flexibility index (Phi) is 4.13. The van der Waals surface area contributed by atoms with Crippen LogP contribution in [-0.2, 0) is 0 Å². The second-order valence-corrected chi connectivity index (χ2v) is 7.51. The third-order valence-corrected chi connectivity index (χ3v) is 5.05. The van der Waals surface area contributed by atoms with Gasteiger partial charge in [0.15, 0.2) is 0 Å². The molecule has 4 nitrogen and oxygen atoms in total. The summed E-state index contributed by atoms with van der Waals surface area (Å²) in [6.07, 6.45) is 3.44. The molecule has 1 aromatic heterocycles. The van der Waals surface area contributed by atoms with Crippen LogP contribution < -0.4 is 5.32 Å². The van der Waals surface area contributed by atoms with E-state index in [2.05, 4.69) is 53.9 Å². The number of hydrogen-bond donors (Lipinski definition) is 1. The molecule has 7 heteroatoms. The van der Waals surface area contributed by atoms with Crippen LogP contribution in [0.1, 0.15) is 17.2 Å². The van der Waals surface area contributed by atoms with Crippen molar-refractivity contribution in [2.24, 2.45) is 0 Å². The maximum absolute atomic E-state index is 14.4. The Morgan fingerprint density at radius 3 is 2.75 bits per heavy atom. The van der Waals surface area contributed by atoms with Crippen molar-refractivity contribution in [1.82, 2.24) is 14.8 Å². The molecule has 120 valence electrons. The van der Waals surface area contributed by atoms with Crippen LogP contribution in [0.5, 0.6) is 0 Å². The van der Waals surface area contributed by atoms with Gasteiger partial charge in [0.1, 0.15) is 18.2 Å². The molecule has 2 aromatic carbocycles. The van der Waals surface area contributed by atoms with E-state index >= 15 is 0 Å². The first-order valence-corrected chi connectivity index (χ1v) is 9.08. The van der Waals surface area contributed by atoms with Gasteiger partial charge in [0.25, 0.3) is 0 Å². The summed E-state index contributed by atoms with van der Waals surface area (Å²) in [5.41, 5.74) is 2.45. The molecule has 0 saturated carbocycles. The van der Waals surface area contributed by atoms with Crippen molar-refractivity contribution in [2.45, 2.75) is 6.04 Å². The minimum atomic E-state index is -0.365. The molecule has 1 atom stereocenters. The quantitative estimate of drug-likeness (QED) is 0.516. The van der Waals surface area contributed by atoms with Gasteiger partial charge in [-0.1, -0.05) is 28.1 Å². The van der Waals surface area contributed by atoms with E-state index in [1.54, 1.807) is 16.8 Å². The number of nitrogens with one attached hydrogen (secondary N) is 1.